The highest BCUT2D eigenvalue weighted by atomic mass is 32.2. The van der Waals surface area contributed by atoms with Gasteiger partial charge in [0.05, 0.1) is 9.79 Å². The van der Waals surface area contributed by atoms with E-state index in [-0.39, 0.29) is 20.9 Å². The van der Waals surface area contributed by atoms with E-state index in [0.29, 0.717) is 33.9 Å². The summed E-state index contributed by atoms with van der Waals surface area (Å²) in [4.78, 5) is 13.0. The van der Waals surface area contributed by atoms with Crippen LogP contribution >= 0.6 is 0 Å². The minimum absolute atomic E-state index is 0.0999. The molecular formula is C25H20N4O5S2. The molecule has 182 valence electrons. The Hall–Kier alpha value is -4.35. The number of rotatable bonds is 6. The molecular weight excluding hydrogens is 500 g/mol. The van der Waals surface area contributed by atoms with Gasteiger partial charge in [-0.05, 0) is 83.9 Å². The average molecular weight is 521 g/mol. The van der Waals surface area contributed by atoms with Crippen molar-refractivity contribution in [3.05, 3.63) is 96.1 Å². The standard InChI is InChI=1S/C25H20N4O5S2/c26-15-1-5-17(6-2-15)28-35(31,32)19-9-11-21-22-12-10-20(14-24(22)25(30)23(21)13-19)36(33,34)29-18-7-3-16(27)4-8-18/h1-14,28-29H,26-27H2. The Balaban J connectivity index is 1.45. The topological polar surface area (TPSA) is 161 Å². The summed E-state index contributed by atoms with van der Waals surface area (Å²) >= 11 is 0. The minimum atomic E-state index is -3.99. The maximum atomic E-state index is 13.2. The normalized spacial score (nSPS) is 12.6. The molecule has 0 spiro atoms. The Labute approximate surface area is 207 Å². The number of ketones is 1. The van der Waals surface area contributed by atoms with Gasteiger partial charge in [-0.25, -0.2) is 16.8 Å². The third-order valence-electron chi connectivity index (χ3n) is 5.71. The number of sulfonamides is 2. The first kappa shape index (κ1) is 23.4. The van der Waals surface area contributed by atoms with Gasteiger partial charge in [-0.3, -0.25) is 14.2 Å². The summed E-state index contributed by atoms with van der Waals surface area (Å²) in [7, 11) is -7.97. The van der Waals surface area contributed by atoms with Crippen molar-refractivity contribution in [2.24, 2.45) is 0 Å². The first-order chi connectivity index (χ1) is 17.0. The molecule has 0 aromatic heterocycles. The summed E-state index contributed by atoms with van der Waals surface area (Å²) < 4.78 is 56.5. The van der Waals surface area contributed by atoms with Crippen LogP contribution in [0.2, 0.25) is 0 Å². The molecule has 0 radical (unpaired) electrons. The molecule has 1 aliphatic carbocycles. The SMILES string of the molecule is Nc1ccc(NS(=O)(=O)c2ccc3c(c2)C(=O)c2cc(S(=O)(=O)Nc4ccc(N)cc4)ccc2-3)cc1. The number of fused-ring (bicyclic) bond motifs is 3. The zero-order valence-corrected chi connectivity index (χ0v) is 20.2. The molecule has 5 rings (SSSR count). The fraction of sp³-hybridized carbons (Fsp3) is 0. The molecule has 0 atom stereocenters. The van der Waals surface area contributed by atoms with Gasteiger partial charge in [-0.15, -0.1) is 0 Å². The van der Waals surface area contributed by atoms with E-state index in [4.69, 9.17) is 11.5 Å². The van der Waals surface area contributed by atoms with Crippen molar-refractivity contribution in [1.29, 1.82) is 0 Å². The van der Waals surface area contributed by atoms with Crippen molar-refractivity contribution in [3.8, 4) is 11.1 Å². The lowest BCUT2D eigenvalue weighted by Gasteiger charge is -2.10. The maximum absolute atomic E-state index is 13.2. The number of hydrogen-bond donors (Lipinski definition) is 4. The first-order valence-electron chi connectivity index (χ1n) is 10.6. The molecule has 0 unspecified atom stereocenters. The minimum Gasteiger partial charge on any atom is -0.399 e. The lowest BCUT2D eigenvalue weighted by molar-refractivity contribution is 0.104. The van der Waals surface area contributed by atoms with Crippen molar-refractivity contribution in [3.63, 3.8) is 0 Å². The highest BCUT2D eigenvalue weighted by Gasteiger charge is 2.30. The molecule has 0 amide bonds. The molecule has 1 aliphatic rings. The zero-order chi connectivity index (χ0) is 25.7. The van der Waals surface area contributed by atoms with Gasteiger partial charge in [0.1, 0.15) is 0 Å². The van der Waals surface area contributed by atoms with Crippen molar-refractivity contribution in [2.45, 2.75) is 9.79 Å². The van der Waals surface area contributed by atoms with Gasteiger partial charge < -0.3 is 11.5 Å². The van der Waals surface area contributed by atoms with Crippen LogP contribution in [-0.4, -0.2) is 22.6 Å². The van der Waals surface area contributed by atoms with E-state index in [2.05, 4.69) is 9.44 Å². The van der Waals surface area contributed by atoms with Gasteiger partial charge >= 0.3 is 0 Å². The van der Waals surface area contributed by atoms with E-state index >= 15 is 0 Å². The Bertz CT molecular complexity index is 1600. The van der Waals surface area contributed by atoms with Crippen LogP contribution in [0.4, 0.5) is 22.7 Å². The van der Waals surface area contributed by atoms with E-state index in [0.717, 1.165) is 0 Å². The Morgan fingerprint density at radius 1 is 0.500 bits per heavy atom. The Morgan fingerprint density at radius 3 is 1.22 bits per heavy atom. The zero-order valence-electron chi connectivity index (χ0n) is 18.6. The number of nitrogen functional groups attached to an aromatic ring is 2. The second-order valence-electron chi connectivity index (χ2n) is 8.20. The van der Waals surface area contributed by atoms with Crippen LogP contribution in [-0.2, 0) is 20.0 Å². The number of nitrogens with two attached hydrogens (primary N) is 2. The number of benzene rings is 4. The predicted octanol–water partition coefficient (Wildman–Crippen LogP) is 3.66. The molecule has 0 saturated heterocycles. The highest BCUT2D eigenvalue weighted by molar-refractivity contribution is 7.93. The third kappa shape index (κ3) is 4.25. The first-order valence-corrected chi connectivity index (χ1v) is 13.6. The fourth-order valence-corrected chi connectivity index (χ4v) is 6.07. The van der Waals surface area contributed by atoms with Crippen LogP contribution < -0.4 is 20.9 Å². The molecule has 4 aromatic carbocycles. The lowest BCUT2D eigenvalue weighted by Crippen LogP contribution is -2.14. The van der Waals surface area contributed by atoms with Crippen LogP contribution in [0.15, 0.2) is 94.7 Å². The second-order valence-corrected chi connectivity index (χ2v) is 11.6. The summed E-state index contributed by atoms with van der Waals surface area (Å²) in [6.07, 6.45) is 0. The van der Waals surface area contributed by atoms with Gasteiger partial charge in [-0.2, -0.15) is 0 Å². The van der Waals surface area contributed by atoms with Crippen molar-refractivity contribution in [1.82, 2.24) is 0 Å². The second kappa shape index (κ2) is 8.40. The quantitative estimate of drug-likeness (QED) is 0.248. The average Bonchev–Trinajstić information content (AvgIpc) is 3.13. The molecule has 0 heterocycles. The summed E-state index contributed by atoms with van der Waals surface area (Å²) in [6.45, 7) is 0. The molecule has 11 heteroatoms. The van der Waals surface area contributed by atoms with Crippen LogP contribution in [0.5, 0.6) is 0 Å². The predicted molar refractivity (Wildman–Crippen MR) is 139 cm³/mol. The van der Waals surface area contributed by atoms with Gasteiger partial charge in [-0.1, -0.05) is 12.1 Å². The van der Waals surface area contributed by atoms with Crippen molar-refractivity contribution in [2.75, 3.05) is 20.9 Å². The van der Waals surface area contributed by atoms with E-state index in [1.54, 1.807) is 24.3 Å². The van der Waals surface area contributed by atoms with E-state index in [9.17, 15) is 21.6 Å². The molecule has 6 N–H and O–H groups in total. The van der Waals surface area contributed by atoms with Crippen LogP contribution in [0.1, 0.15) is 15.9 Å². The van der Waals surface area contributed by atoms with Crippen LogP contribution in [0.25, 0.3) is 11.1 Å². The Kier molecular flexibility index (Phi) is 5.46. The summed E-state index contributed by atoms with van der Waals surface area (Å²) in [5.41, 5.74) is 14.3. The smallest absolute Gasteiger partial charge is 0.261 e. The van der Waals surface area contributed by atoms with Crippen LogP contribution in [0.3, 0.4) is 0 Å². The summed E-state index contributed by atoms with van der Waals surface area (Å²) in [5, 5.41) is 0. The van der Waals surface area contributed by atoms with Crippen LogP contribution in [0, 0.1) is 0 Å². The summed E-state index contributed by atoms with van der Waals surface area (Å²) in [5.74, 6) is -0.464. The third-order valence-corrected chi connectivity index (χ3v) is 8.47. The van der Waals surface area contributed by atoms with E-state index in [1.807, 2.05) is 0 Å². The number of carbonyl (C=O) groups excluding carboxylic acids is 1. The highest BCUT2D eigenvalue weighted by Crippen LogP contribution is 2.39. The number of anilines is 4. The molecule has 9 nitrogen and oxygen atoms in total. The van der Waals surface area contributed by atoms with Gasteiger partial charge in [0.15, 0.2) is 5.78 Å². The van der Waals surface area contributed by atoms with Gasteiger partial charge in [0, 0.05) is 33.9 Å². The number of hydrogen-bond acceptors (Lipinski definition) is 7. The maximum Gasteiger partial charge on any atom is 0.261 e. The monoisotopic (exact) mass is 520 g/mol. The summed E-state index contributed by atoms with van der Waals surface area (Å²) in [6, 6.07) is 20.8. The van der Waals surface area contributed by atoms with Gasteiger partial charge in [0.25, 0.3) is 20.0 Å². The number of nitrogens with one attached hydrogen (secondary N) is 2. The lowest BCUT2D eigenvalue weighted by atomic mass is 10.1. The Morgan fingerprint density at radius 2 is 0.861 bits per heavy atom. The van der Waals surface area contributed by atoms with E-state index in [1.165, 1.54) is 60.7 Å². The largest absolute Gasteiger partial charge is 0.399 e. The molecule has 0 aliphatic heterocycles. The van der Waals surface area contributed by atoms with Crippen molar-refractivity contribution >= 4 is 48.6 Å². The van der Waals surface area contributed by atoms with Crippen molar-refractivity contribution < 1.29 is 21.6 Å². The number of carbonyl (C=O) groups is 1. The van der Waals surface area contributed by atoms with Gasteiger partial charge in [0.2, 0.25) is 0 Å². The van der Waals surface area contributed by atoms with E-state index < -0.39 is 25.8 Å². The fourth-order valence-electron chi connectivity index (χ4n) is 3.90. The molecule has 36 heavy (non-hydrogen) atoms. The molecule has 0 saturated carbocycles. The molecule has 0 fully saturated rings. The molecule has 4 aromatic rings. The molecule has 0 bridgehead atoms.